The van der Waals surface area contributed by atoms with Gasteiger partial charge in [-0.05, 0) is 53.4 Å². The lowest BCUT2D eigenvalue weighted by Crippen LogP contribution is -2.34. The van der Waals surface area contributed by atoms with Gasteiger partial charge in [0.2, 0.25) is 0 Å². The van der Waals surface area contributed by atoms with Gasteiger partial charge in [-0.1, -0.05) is 51.1 Å². The summed E-state index contributed by atoms with van der Waals surface area (Å²) < 4.78 is 13.9. The fourth-order valence-corrected chi connectivity index (χ4v) is 2.70. The average Bonchev–Trinajstić information content (AvgIpc) is 2.60. The van der Waals surface area contributed by atoms with Crippen molar-refractivity contribution in [3.05, 3.63) is 65.0 Å². The second-order valence-corrected chi connectivity index (χ2v) is 7.74. The molecule has 0 aliphatic carbocycles. The van der Waals surface area contributed by atoms with Crippen molar-refractivity contribution in [2.24, 2.45) is 0 Å². The Labute approximate surface area is 161 Å². The molecular formula is C21H28FN3S. The molecule has 0 radical (unpaired) electrons. The molecule has 0 bridgehead atoms. The maximum absolute atomic E-state index is 13.9. The summed E-state index contributed by atoms with van der Waals surface area (Å²) in [6.45, 7) is 10.4. The van der Waals surface area contributed by atoms with Crippen molar-refractivity contribution in [2.45, 2.75) is 46.2 Å². The van der Waals surface area contributed by atoms with Crippen LogP contribution in [0.15, 0.2) is 42.5 Å². The Morgan fingerprint density at radius 1 is 0.962 bits per heavy atom. The number of rotatable bonds is 6. The van der Waals surface area contributed by atoms with Crippen LogP contribution in [0.4, 0.5) is 10.1 Å². The molecular weight excluding hydrogens is 345 g/mol. The molecule has 0 heterocycles. The van der Waals surface area contributed by atoms with E-state index in [1.165, 1.54) is 17.2 Å². The van der Waals surface area contributed by atoms with Crippen LogP contribution in [0.2, 0.25) is 0 Å². The molecule has 2 aromatic rings. The molecule has 0 fully saturated rings. The Morgan fingerprint density at radius 2 is 1.54 bits per heavy atom. The van der Waals surface area contributed by atoms with Gasteiger partial charge in [-0.3, -0.25) is 0 Å². The minimum atomic E-state index is -0.246. The quantitative estimate of drug-likeness (QED) is 0.641. The minimum Gasteiger partial charge on any atom is -0.383 e. The molecule has 26 heavy (non-hydrogen) atoms. The maximum atomic E-state index is 13.9. The number of hydrogen-bond acceptors (Lipinski definition) is 2. The average molecular weight is 374 g/mol. The molecule has 0 aliphatic rings. The summed E-state index contributed by atoms with van der Waals surface area (Å²) in [6, 6.07) is 13.7. The third kappa shape index (κ3) is 5.99. The van der Waals surface area contributed by atoms with Gasteiger partial charge in [-0.2, -0.15) is 0 Å². The number of halogens is 1. The first-order valence-electron chi connectivity index (χ1n) is 8.93. The number of nitrogens with one attached hydrogen (secondary N) is 3. The summed E-state index contributed by atoms with van der Waals surface area (Å²) >= 11 is 5.31. The van der Waals surface area contributed by atoms with Crippen molar-refractivity contribution in [1.82, 2.24) is 10.6 Å². The fraction of sp³-hybridized carbons (Fsp3) is 0.381. The highest BCUT2D eigenvalue weighted by molar-refractivity contribution is 7.80. The molecule has 3 N–H and O–H groups in total. The summed E-state index contributed by atoms with van der Waals surface area (Å²) in [5.74, 6) is -0.246. The van der Waals surface area contributed by atoms with Gasteiger partial charge in [-0.25, -0.2) is 4.39 Å². The lowest BCUT2D eigenvalue weighted by molar-refractivity contribution is 0.590. The Balaban J connectivity index is 1.81. The van der Waals surface area contributed by atoms with Crippen LogP contribution in [0.25, 0.3) is 0 Å². The van der Waals surface area contributed by atoms with Crippen molar-refractivity contribution in [3.63, 3.8) is 0 Å². The minimum absolute atomic E-state index is 0.153. The molecule has 0 amide bonds. The molecule has 0 saturated heterocycles. The van der Waals surface area contributed by atoms with Crippen LogP contribution >= 0.6 is 12.2 Å². The lowest BCUT2D eigenvalue weighted by atomic mass is 9.87. The number of benzene rings is 2. The van der Waals surface area contributed by atoms with E-state index in [0.717, 1.165) is 5.56 Å². The zero-order chi connectivity index (χ0) is 19.2. The topological polar surface area (TPSA) is 36.1 Å². The SMILES string of the molecule is CCNc1ccc(CNC(=S)NCc2ccc(C(C)(C)C)cc2)cc1F. The molecule has 3 nitrogen and oxygen atoms in total. The number of thiocarbonyl (C=S) groups is 1. The van der Waals surface area contributed by atoms with Crippen LogP contribution in [0, 0.1) is 5.82 Å². The molecule has 0 spiro atoms. The van der Waals surface area contributed by atoms with Gasteiger partial charge < -0.3 is 16.0 Å². The molecule has 0 saturated carbocycles. The van der Waals surface area contributed by atoms with Crippen molar-refractivity contribution < 1.29 is 4.39 Å². The first-order chi connectivity index (χ1) is 12.3. The normalized spacial score (nSPS) is 11.1. The zero-order valence-corrected chi connectivity index (χ0v) is 16.8. The second kappa shape index (κ2) is 8.99. The first-order valence-corrected chi connectivity index (χ1v) is 9.34. The molecule has 0 aliphatic heterocycles. The van der Waals surface area contributed by atoms with Crippen LogP contribution in [0.1, 0.15) is 44.4 Å². The lowest BCUT2D eigenvalue weighted by Gasteiger charge is -2.19. The van der Waals surface area contributed by atoms with E-state index in [4.69, 9.17) is 12.2 Å². The number of hydrogen-bond donors (Lipinski definition) is 3. The van der Waals surface area contributed by atoms with Crippen LogP contribution in [-0.2, 0) is 18.5 Å². The van der Waals surface area contributed by atoms with Gasteiger partial charge in [0.1, 0.15) is 5.82 Å². The summed E-state index contributed by atoms with van der Waals surface area (Å²) in [7, 11) is 0. The van der Waals surface area contributed by atoms with E-state index in [1.807, 2.05) is 13.0 Å². The predicted octanol–water partition coefficient (Wildman–Crippen LogP) is 4.72. The first kappa shape index (κ1) is 20.2. The van der Waals surface area contributed by atoms with E-state index in [-0.39, 0.29) is 11.2 Å². The predicted molar refractivity (Wildman–Crippen MR) is 112 cm³/mol. The smallest absolute Gasteiger partial charge is 0.166 e. The Morgan fingerprint density at radius 3 is 2.08 bits per heavy atom. The number of anilines is 1. The van der Waals surface area contributed by atoms with Crippen LogP contribution in [0.5, 0.6) is 0 Å². The fourth-order valence-electron chi connectivity index (χ4n) is 2.55. The highest BCUT2D eigenvalue weighted by atomic mass is 32.1. The van der Waals surface area contributed by atoms with Gasteiger partial charge in [-0.15, -0.1) is 0 Å². The summed E-state index contributed by atoms with van der Waals surface area (Å²) in [5, 5.41) is 9.85. The monoisotopic (exact) mass is 373 g/mol. The van der Waals surface area contributed by atoms with E-state index in [9.17, 15) is 4.39 Å². The van der Waals surface area contributed by atoms with Crippen LogP contribution < -0.4 is 16.0 Å². The van der Waals surface area contributed by atoms with Crippen LogP contribution in [-0.4, -0.2) is 11.7 Å². The zero-order valence-electron chi connectivity index (χ0n) is 15.9. The molecule has 2 aromatic carbocycles. The van der Waals surface area contributed by atoms with E-state index in [1.54, 1.807) is 6.07 Å². The molecule has 5 heteroatoms. The van der Waals surface area contributed by atoms with Crippen molar-refractivity contribution >= 4 is 23.0 Å². The van der Waals surface area contributed by atoms with Gasteiger partial charge in [0.25, 0.3) is 0 Å². The third-order valence-electron chi connectivity index (χ3n) is 4.13. The molecule has 140 valence electrons. The van der Waals surface area contributed by atoms with Crippen molar-refractivity contribution in [1.29, 1.82) is 0 Å². The molecule has 0 unspecified atom stereocenters. The summed E-state index contributed by atoms with van der Waals surface area (Å²) in [6.07, 6.45) is 0. The molecule has 0 aromatic heterocycles. The van der Waals surface area contributed by atoms with E-state index in [2.05, 4.69) is 61.0 Å². The van der Waals surface area contributed by atoms with Crippen molar-refractivity contribution in [2.75, 3.05) is 11.9 Å². The van der Waals surface area contributed by atoms with E-state index in [0.29, 0.717) is 30.4 Å². The highest BCUT2D eigenvalue weighted by Gasteiger charge is 2.12. The molecule has 0 atom stereocenters. The summed E-state index contributed by atoms with van der Waals surface area (Å²) in [5.41, 5.74) is 4.01. The van der Waals surface area contributed by atoms with Gasteiger partial charge >= 0.3 is 0 Å². The van der Waals surface area contributed by atoms with Gasteiger partial charge in [0, 0.05) is 19.6 Å². The Bertz CT molecular complexity index is 736. The Kier molecular flexibility index (Phi) is 6.98. The van der Waals surface area contributed by atoms with Crippen LogP contribution in [0.3, 0.4) is 0 Å². The van der Waals surface area contributed by atoms with E-state index < -0.39 is 0 Å². The standard InChI is InChI=1S/C21H28FN3S/c1-5-23-19-11-8-16(12-18(19)22)14-25-20(26)24-13-15-6-9-17(10-7-15)21(2,3)4/h6-12,23H,5,13-14H2,1-4H3,(H2,24,25,26). The maximum Gasteiger partial charge on any atom is 0.166 e. The van der Waals surface area contributed by atoms with Gasteiger partial charge in [0.05, 0.1) is 5.69 Å². The molecule has 2 rings (SSSR count). The highest BCUT2D eigenvalue weighted by Crippen LogP contribution is 2.22. The summed E-state index contributed by atoms with van der Waals surface area (Å²) in [4.78, 5) is 0. The largest absolute Gasteiger partial charge is 0.383 e. The van der Waals surface area contributed by atoms with E-state index >= 15 is 0 Å². The van der Waals surface area contributed by atoms with Crippen molar-refractivity contribution in [3.8, 4) is 0 Å². The second-order valence-electron chi connectivity index (χ2n) is 7.33. The Hall–Kier alpha value is -2.14. The van der Waals surface area contributed by atoms with Gasteiger partial charge in [0.15, 0.2) is 5.11 Å². The third-order valence-corrected chi connectivity index (χ3v) is 4.42.